The maximum absolute atomic E-state index is 11.6. The van der Waals surface area contributed by atoms with Crippen molar-refractivity contribution in [3.8, 4) is 5.75 Å². The number of rotatable bonds is 5. The van der Waals surface area contributed by atoms with Gasteiger partial charge in [0.15, 0.2) is 0 Å². The third-order valence-corrected chi connectivity index (χ3v) is 2.57. The fraction of sp³-hybridized carbons (Fsp3) is 0.231. The number of carbonyl (C=O) groups is 1. The number of hydrogen-bond acceptors (Lipinski definition) is 3. The van der Waals surface area contributed by atoms with Crippen LogP contribution in [0.25, 0.3) is 0 Å². The number of aromatic amines is 1. The minimum atomic E-state index is -0.0276. The first-order valence-electron chi connectivity index (χ1n) is 5.76. The van der Waals surface area contributed by atoms with Crippen LogP contribution in [-0.2, 0) is 17.6 Å². The number of aromatic hydroxyl groups is 1. The highest BCUT2D eigenvalue weighted by Crippen LogP contribution is 2.09. The third-order valence-electron chi connectivity index (χ3n) is 2.57. The fourth-order valence-electron chi connectivity index (χ4n) is 1.62. The van der Waals surface area contributed by atoms with E-state index >= 15 is 0 Å². The van der Waals surface area contributed by atoms with Gasteiger partial charge in [0.25, 0.3) is 0 Å². The summed E-state index contributed by atoms with van der Waals surface area (Å²) in [6.45, 7) is 0.582. The lowest BCUT2D eigenvalue weighted by molar-refractivity contribution is -0.120. The first kappa shape index (κ1) is 12.2. The second-order valence-electron chi connectivity index (χ2n) is 4.02. The Kier molecular flexibility index (Phi) is 3.96. The summed E-state index contributed by atoms with van der Waals surface area (Å²) in [4.78, 5) is 18.5. The molecular formula is C13H15N3O2. The number of imidazole rings is 1. The van der Waals surface area contributed by atoms with Crippen molar-refractivity contribution in [2.75, 3.05) is 6.54 Å². The molecule has 0 saturated heterocycles. The summed E-state index contributed by atoms with van der Waals surface area (Å²) in [5.41, 5.74) is 1.88. The van der Waals surface area contributed by atoms with E-state index < -0.39 is 0 Å². The van der Waals surface area contributed by atoms with Gasteiger partial charge in [-0.3, -0.25) is 4.79 Å². The molecular weight excluding hydrogens is 230 g/mol. The first-order valence-corrected chi connectivity index (χ1v) is 5.76. The van der Waals surface area contributed by atoms with E-state index in [0.717, 1.165) is 17.7 Å². The average molecular weight is 245 g/mol. The van der Waals surface area contributed by atoms with Crippen LogP contribution in [0.15, 0.2) is 36.8 Å². The van der Waals surface area contributed by atoms with E-state index in [1.165, 1.54) is 0 Å². The summed E-state index contributed by atoms with van der Waals surface area (Å²) in [5, 5.41) is 12.0. The van der Waals surface area contributed by atoms with Crippen molar-refractivity contribution < 1.29 is 9.90 Å². The SMILES string of the molecule is O=C(Cc1ccc(O)cc1)NCCc1cnc[nH]1. The lowest BCUT2D eigenvalue weighted by Gasteiger charge is -2.04. The number of aromatic nitrogens is 2. The predicted molar refractivity (Wildman–Crippen MR) is 67.1 cm³/mol. The van der Waals surface area contributed by atoms with Gasteiger partial charge in [0.1, 0.15) is 5.75 Å². The molecule has 1 aromatic heterocycles. The van der Waals surface area contributed by atoms with Crippen LogP contribution >= 0.6 is 0 Å². The van der Waals surface area contributed by atoms with Crippen LogP contribution in [0.3, 0.4) is 0 Å². The number of H-pyrrole nitrogens is 1. The molecule has 2 rings (SSSR count). The van der Waals surface area contributed by atoms with Gasteiger partial charge in [-0.05, 0) is 17.7 Å². The number of phenols is 1. The standard InChI is InChI=1S/C13H15N3O2/c17-12-3-1-10(2-4-12)7-13(18)15-6-5-11-8-14-9-16-11/h1-4,8-9,17H,5-7H2,(H,14,16)(H,15,18). The number of hydrogen-bond donors (Lipinski definition) is 3. The molecule has 3 N–H and O–H groups in total. The topological polar surface area (TPSA) is 78.0 Å². The van der Waals surface area contributed by atoms with Gasteiger partial charge in [0.2, 0.25) is 5.91 Å². The summed E-state index contributed by atoms with van der Waals surface area (Å²) in [7, 11) is 0. The number of carbonyl (C=O) groups excluding carboxylic acids is 1. The lowest BCUT2D eigenvalue weighted by Crippen LogP contribution is -2.27. The Labute approximate surface area is 105 Å². The van der Waals surface area contributed by atoms with E-state index in [2.05, 4.69) is 15.3 Å². The van der Waals surface area contributed by atoms with E-state index in [4.69, 9.17) is 5.11 Å². The van der Waals surface area contributed by atoms with E-state index in [-0.39, 0.29) is 11.7 Å². The second kappa shape index (κ2) is 5.86. The number of benzene rings is 1. The maximum Gasteiger partial charge on any atom is 0.224 e. The molecule has 1 heterocycles. The predicted octanol–water partition coefficient (Wildman–Crippen LogP) is 1.02. The van der Waals surface area contributed by atoms with Crippen molar-refractivity contribution in [2.45, 2.75) is 12.8 Å². The van der Waals surface area contributed by atoms with Crippen molar-refractivity contribution in [3.63, 3.8) is 0 Å². The summed E-state index contributed by atoms with van der Waals surface area (Å²) in [6.07, 6.45) is 4.42. The average Bonchev–Trinajstić information content (AvgIpc) is 2.85. The van der Waals surface area contributed by atoms with E-state index in [1.807, 2.05) is 0 Å². The molecule has 2 aromatic rings. The highest BCUT2D eigenvalue weighted by atomic mass is 16.3. The molecule has 1 amide bonds. The molecule has 94 valence electrons. The monoisotopic (exact) mass is 245 g/mol. The lowest BCUT2D eigenvalue weighted by atomic mass is 10.1. The Morgan fingerprint density at radius 1 is 1.33 bits per heavy atom. The van der Waals surface area contributed by atoms with E-state index in [1.54, 1.807) is 36.8 Å². The largest absolute Gasteiger partial charge is 0.508 e. The second-order valence-corrected chi connectivity index (χ2v) is 4.02. The van der Waals surface area contributed by atoms with Crippen LogP contribution < -0.4 is 5.32 Å². The first-order chi connectivity index (χ1) is 8.74. The summed E-state index contributed by atoms with van der Waals surface area (Å²) >= 11 is 0. The number of nitrogens with one attached hydrogen (secondary N) is 2. The zero-order chi connectivity index (χ0) is 12.8. The molecule has 0 bridgehead atoms. The zero-order valence-corrected chi connectivity index (χ0v) is 9.89. The molecule has 0 aliphatic heterocycles. The molecule has 18 heavy (non-hydrogen) atoms. The van der Waals surface area contributed by atoms with Crippen LogP contribution in [0.5, 0.6) is 5.75 Å². The smallest absolute Gasteiger partial charge is 0.224 e. The van der Waals surface area contributed by atoms with Crippen LogP contribution in [0, 0.1) is 0 Å². The van der Waals surface area contributed by atoms with Crippen molar-refractivity contribution in [2.24, 2.45) is 0 Å². The van der Waals surface area contributed by atoms with Crippen molar-refractivity contribution in [3.05, 3.63) is 48.0 Å². The van der Waals surface area contributed by atoms with Gasteiger partial charge in [-0.15, -0.1) is 0 Å². The molecule has 0 atom stereocenters. The molecule has 5 heteroatoms. The Morgan fingerprint density at radius 2 is 2.11 bits per heavy atom. The van der Waals surface area contributed by atoms with Crippen LogP contribution in [0.4, 0.5) is 0 Å². The molecule has 0 unspecified atom stereocenters. The maximum atomic E-state index is 11.6. The molecule has 0 spiro atoms. The molecule has 1 aromatic carbocycles. The van der Waals surface area contributed by atoms with Gasteiger partial charge < -0.3 is 15.4 Å². The number of phenolic OH excluding ortho intramolecular Hbond substituents is 1. The molecule has 5 nitrogen and oxygen atoms in total. The highest BCUT2D eigenvalue weighted by Gasteiger charge is 2.03. The summed E-state index contributed by atoms with van der Waals surface area (Å²) in [6, 6.07) is 6.63. The minimum absolute atomic E-state index is 0.0276. The number of nitrogens with zero attached hydrogens (tertiary/aromatic N) is 1. The van der Waals surface area contributed by atoms with Gasteiger partial charge in [-0.1, -0.05) is 12.1 Å². The van der Waals surface area contributed by atoms with Gasteiger partial charge >= 0.3 is 0 Å². The highest BCUT2D eigenvalue weighted by molar-refractivity contribution is 5.78. The molecule has 0 fully saturated rings. The molecule has 0 saturated carbocycles. The van der Waals surface area contributed by atoms with Crippen LogP contribution in [-0.4, -0.2) is 27.5 Å². The molecule has 0 radical (unpaired) electrons. The Morgan fingerprint density at radius 3 is 2.78 bits per heavy atom. The number of amides is 1. The van der Waals surface area contributed by atoms with Gasteiger partial charge in [-0.2, -0.15) is 0 Å². The van der Waals surface area contributed by atoms with Gasteiger partial charge in [-0.25, -0.2) is 4.98 Å². The van der Waals surface area contributed by atoms with Crippen molar-refractivity contribution in [1.82, 2.24) is 15.3 Å². The Hall–Kier alpha value is -2.30. The summed E-state index contributed by atoms with van der Waals surface area (Å²) < 4.78 is 0. The van der Waals surface area contributed by atoms with Crippen molar-refractivity contribution >= 4 is 5.91 Å². The van der Waals surface area contributed by atoms with E-state index in [9.17, 15) is 4.79 Å². The quantitative estimate of drug-likeness (QED) is 0.735. The van der Waals surface area contributed by atoms with Gasteiger partial charge in [0.05, 0.1) is 12.7 Å². The molecule has 0 aliphatic rings. The van der Waals surface area contributed by atoms with Crippen molar-refractivity contribution in [1.29, 1.82) is 0 Å². The van der Waals surface area contributed by atoms with Crippen LogP contribution in [0.2, 0.25) is 0 Å². The minimum Gasteiger partial charge on any atom is -0.508 e. The zero-order valence-electron chi connectivity index (χ0n) is 9.89. The third kappa shape index (κ3) is 3.62. The van der Waals surface area contributed by atoms with E-state index in [0.29, 0.717) is 13.0 Å². The Balaban J connectivity index is 1.73. The normalized spacial score (nSPS) is 10.2. The molecule has 0 aliphatic carbocycles. The Bertz CT molecular complexity index is 491. The fourth-order valence-corrected chi connectivity index (χ4v) is 1.62. The summed E-state index contributed by atoms with van der Waals surface area (Å²) in [5.74, 6) is 0.179. The van der Waals surface area contributed by atoms with Gasteiger partial charge in [0, 0.05) is 24.9 Å². The van der Waals surface area contributed by atoms with Crippen LogP contribution in [0.1, 0.15) is 11.3 Å².